The standard InChI is InChI=1S/C14H13NO3/c1-17-12-6-4-11(5-7-12)15-14(16)9-8-13-3-2-10-18-13/h2-10H,1H3,(H,15,16). The van der Waals surface area contributed by atoms with E-state index in [1.54, 1.807) is 55.8 Å². The Morgan fingerprint density at radius 1 is 1.28 bits per heavy atom. The third-order valence-electron chi connectivity index (χ3n) is 2.30. The van der Waals surface area contributed by atoms with Crippen LogP contribution in [0.3, 0.4) is 0 Å². The molecule has 0 bridgehead atoms. The van der Waals surface area contributed by atoms with E-state index in [2.05, 4.69) is 5.32 Å². The Hall–Kier alpha value is -2.49. The lowest BCUT2D eigenvalue weighted by molar-refractivity contribution is -0.111. The van der Waals surface area contributed by atoms with Crippen LogP contribution in [0.2, 0.25) is 0 Å². The second kappa shape index (κ2) is 5.72. The third-order valence-corrected chi connectivity index (χ3v) is 2.30. The molecule has 0 atom stereocenters. The number of methoxy groups -OCH3 is 1. The minimum Gasteiger partial charge on any atom is -0.497 e. The summed E-state index contributed by atoms with van der Waals surface area (Å²) in [6.45, 7) is 0. The van der Waals surface area contributed by atoms with Gasteiger partial charge in [-0.1, -0.05) is 0 Å². The van der Waals surface area contributed by atoms with E-state index in [1.807, 2.05) is 0 Å². The van der Waals surface area contributed by atoms with Gasteiger partial charge in [0.05, 0.1) is 13.4 Å². The van der Waals surface area contributed by atoms with Gasteiger partial charge in [0.15, 0.2) is 0 Å². The summed E-state index contributed by atoms with van der Waals surface area (Å²) in [4.78, 5) is 11.6. The number of ether oxygens (including phenoxy) is 1. The maximum absolute atomic E-state index is 11.6. The first-order valence-electron chi connectivity index (χ1n) is 5.44. The zero-order chi connectivity index (χ0) is 12.8. The van der Waals surface area contributed by atoms with Gasteiger partial charge in [0.1, 0.15) is 11.5 Å². The summed E-state index contributed by atoms with van der Waals surface area (Å²) < 4.78 is 10.1. The molecule has 92 valence electrons. The minimum absolute atomic E-state index is 0.212. The van der Waals surface area contributed by atoms with Crippen LogP contribution < -0.4 is 10.1 Å². The molecule has 18 heavy (non-hydrogen) atoms. The summed E-state index contributed by atoms with van der Waals surface area (Å²) in [5, 5.41) is 2.73. The molecule has 1 amide bonds. The van der Waals surface area contributed by atoms with Gasteiger partial charge in [-0.3, -0.25) is 4.79 Å². The minimum atomic E-state index is -0.212. The Kier molecular flexibility index (Phi) is 3.81. The summed E-state index contributed by atoms with van der Waals surface area (Å²) in [5.41, 5.74) is 0.713. The fourth-order valence-corrected chi connectivity index (χ4v) is 1.40. The molecule has 0 aliphatic heterocycles. The molecular formula is C14H13NO3. The number of furan rings is 1. The molecule has 0 aliphatic rings. The zero-order valence-electron chi connectivity index (χ0n) is 9.92. The van der Waals surface area contributed by atoms with Crippen molar-refractivity contribution in [3.05, 3.63) is 54.5 Å². The molecule has 2 aromatic rings. The van der Waals surface area contributed by atoms with Crippen LogP contribution in [-0.4, -0.2) is 13.0 Å². The van der Waals surface area contributed by atoms with Crippen molar-refractivity contribution in [1.29, 1.82) is 0 Å². The van der Waals surface area contributed by atoms with Gasteiger partial charge < -0.3 is 14.5 Å². The fraction of sp³-hybridized carbons (Fsp3) is 0.0714. The molecule has 0 radical (unpaired) electrons. The Balaban J connectivity index is 1.94. The Morgan fingerprint density at radius 3 is 2.67 bits per heavy atom. The van der Waals surface area contributed by atoms with Gasteiger partial charge in [-0.15, -0.1) is 0 Å². The number of hydrogen-bond donors (Lipinski definition) is 1. The van der Waals surface area contributed by atoms with Crippen LogP contribution in [0.5, 0.6) is 5.75 Å². The number of hydrogen-bond acceptors (Lipinski definition) is 3. The van der Waals surface area contributed by atoms with Gasteiger partial charge in [-0.25, -0.2) is 0 Å². The van der Waals surface area contributed by atoms with Crippen molar-refractivity contribution in [2.24, 2.45) is 0 Å². The van der Waals surface area contributed by atoms with E-state index in [-0.39, 0.29) is 5.91 Å². The van der Waals surface area contributed by atoms with Crippen LogP contribution >= 0.6 is 0 Å². The maximum Gasteiger partial charge on any atom is 0.248 e. The smallest absolute Gasteiger partial charge is 0.248 e. The number of anilines is 1. The SMILES string of the molecule is COc1ccc(NC(=O)C=Cc2ccco2)cc1. The number of amides is 1. The number of rotatable bonds is 4. The average molecular weight is 243 g/mol. The van der Waals surface area contributed by atoms with Crippen LogP contribution in [0.1, 0.15) is 5.76 Å². The van der Waals surface area contributed by atoms with Crippen molar-refractivity contribution >= 4 is 17.7 Å². The first-order valence-corrected chi connectivity index (χ1v) is 5.44. The lowest BCUT2D eigenvalue weighted by atomic mass is 10.3. The van der Waals surface area contributed by atoms with E-state index in [9.17, 15) is 4.79 Å². The van der Waals surface area contributed by atoms with Gasteiger partial charge in [0.25, 0.3) is 0 Å². The lowest BCUT2D eigenvalue weighted by Gasteiger charge is -2.03. The Morgan fingerprint density at radius 2 is 2.06 bits per heavy atom. The zero-order valence-corrected chi connectivity index (χ0v) is 9.92. The van der Waals surface area contributed by atoms with E-state index in [4.69, 9.17) is 9.15 Å². The fourth-order valence-electron chi connectivity index (χ4n) is 1.40. The van der Waals surface area contributed by atoms with Crippen LogP contribution in [0.4, 0.5) is 5.69 Å². The highest BCUT2D eigenvalue weighted by Crippen LogP contribution is 2.15. The number of benzene rings is 1. The molecule has 0 unspecified atom stereocenters. The monoisotopic (exact) mass is 243 g/mol. The van der Waals surface area contributed by atoms with Crippen LogP contribution in [0, 0.1) is 0 Å². The molecule has 0 fully saturated rings. The molecule has 4 heteroatoms. The van der Waals surface area contributed by atoms with Crippen molar-refractivity contribution in [3.63, 3.8) is 0 Å². The molecule has 0 aliphatic carbocycles. The first kappa shape index (κ1) is 12.0. The van der Waals surface area contributed by atoms with E-state index in [1.165, 1.54) is 6.08 Å². The Bertz CT molecular complexity index is 527. The summed E-state index contributed by atoms with van der Waals surface area (Å²) in [6, 6.07) is 10.7. The highest BCUT2D eigenvalue weighted by Gasteiger charge is 1.98. The Labute approximate surface area is 105 Å². The van der Waals surface area contributed by atoms with Gasteiger partial charge in [-0.05, 0) is 42.5 Å². The highest BCUT2D eigenvalue weighted by atomic mass is 16.5. The molecule has 1 aromatic heterocycles. The maximum atomic E-state index is 11.6. The molecule has 2 rings (SSSR count). The molecule has 0 saturated carbocycles. The molecule has 0 saturated heterocycles. The molecule has 1 aromatic carbocycles. The second-order valence-corrected chi connectivity index (χ2v) is 3.57. The van der Waals surface area contributed by atoms with E-state index < -0.39 is 0 Å². The number of carbonyl (C=O) groups excluding carboxylic acids is 1. The van der Waals surface area contributed by atoms with Crippen molar-refractivity contribution in [2.75, 3.05) is 12.4 Å². The van der Waals surface area contributed by atoms with Gasteiger partial charge >= 0.3 is 0 Å². The first-order chi connectivity index (χ1) is 8.78. The lowest BCUT2D eigenvalue weighted by Crippen LogP contribution is -2.07. The van der Waals surface area contributed by atoms with Gasteiger partial charge in [0.2, 0.25) is 5.91 Å². The largest absolute Gasteiger partial charge is 0.497 e. The van der Waals surface area contributed by atoms with Crippen molar-refractivity contribution < 1.29 is 13.9 Å². The van der Waals surface area contributed by atoms with Gasteiger partial charge in [0, 0.05) is 11.8 Å². The topological polar surface area (TPSA) is 51.5 Å². The predicted molar refractivity (Wildman–Crippen MR) is 69.4 cm³/mol. The normalized spacial score (nSPS) is 10.5. The van der Waals surface area contributed by atoms with Crippen molar-refractivity contribution in [3.8, 4) is 5.75 Å². The predicted octanol–water partition coefficient (Wildman–Crippen LogP) is 2.94. The summed E-state index contributed by atoms with van der Waals surface area (Å²) in [7, 11) is 1.60. The van der Waals surface area contributed by atoms with Crippen LogP contribution in [0.25, 0.3) is 6.08 Å². The summed E-state index contributed by atoms with van der Waals surface area (Å²) in [6.07, 6.45) is 4.59. The van der Waals surface area contributed by atoms with Gasteiger partial charge in [-0.2, -0.15) is 0 Å². The van der Waals surface area contributed by atoms with Crippen LogP contribution in [0.15, 0.2) is 53.2 Å². The number of nitrogens with one attached hydrogen (secondary N) is 1. The summed E-state index contributed by atoms with van der Waals surface area (Å²) >= 11 is 0. The molecule has 0 spiro atoms. The van der Waals surface area contributed by atoms with Crippen LogP contribution in [-0.2, 0) is 4.79 Å². The van der Waals surface area contributed by atoms with E-state index >= 15 is 0 Å². The second-order valence-electron chi connectivity index (χ2n) is 3.57. The van der Waals surface area contributed by atoms with E-state index in [0.29, 0.717) is 11.4 Å². The average Bonchev–Trinajstić information content (AvgIpc) is 2.90. The number of carbonyl (C=O) groups is 1. The quantitative estimate of drug-likeness (QED) is 0.840. The molecular weight excluding hydrogens is 230 g/mol. The molecule has 1 heterocycles. The third kappa shape index (κ3) is 3.25. The van der Waals surface area contributed by atoms with Crippen molar-refractivity contribution in [1.82, 2.24) is 0 Å². The van der Waals surface area contributed by atoms with E-state index in [0.717, 1.165) is 5.75 Å². The molecule has 1 N–H and O–H groups in total. The summed E-state index contributed by atoms with van der Waals surface area (Å²) in [5.74, 6) is 1.18. The highest BCUT2D eigenvalue weighted by molar-refractivity contribution is 6.01. The van der Waals surface area contributed by atoms with Crippen molar-refractivity contribution in [2.45, 2.75) is 0 Å². The molecule has 4 nitrogen and oxygen atoms in total.